The van der Waals surface area contributed by atoms with Crippen LogP contribution in [-0.4, -0.2) is 0 Å². The third kappa shape index (κ3) is 3.51. The Morgan fingerprint density at radius 3 is 2.90 bits per heavy atom. The molecule has 10 heavy (non-hydrogen) atoms. The topological polar surface area (TPSA) is 0 Å². The molecule has 1 rings (SSSR count). The Kier molecular flexibility index (Phi) is 6.32. The van der Waals surface area contributed by atoms with Gasteiger partial charge in [-0.2, -0.15) is 6.08 Å². The van der Waals surface area contributed by atoms with Crippen LogP contribution in [0, 0.1) is 6.08 Å². The Balaban J connectivity index is 0.000000810. The van der Waals surface area contributed by atoms with Crippen molar-refractivity contribution < 1.29 is 26.2 Å². The standard InChI is InChI=1S/C9H13.Zr/c1-2-3-6-9-7-4-5-8-9;/h4,7H,2-3,5-6H2,1H3;/q-1;+2. The first-order valence-electron chi connectivity index (χ1n) is 3.69. The molecule has 0 aromatic rings. The van der Waals surface area contributed by atoms with Crippen LogP contribution in [0.1, 0.15) is 32.6 Å². The number of hydrogen-bond acceptors (Lipinski definition) is 0. The van der Waals surface area contributed by atoms with Crippen LogP contribution in [0.2, 0.25) is 0 Å². The van der Waals surface area contributed by atoms with Crippen molar-refractivity contribution in [2.75, 3.05) is 0 Å². The van der Waals surface area contributed by atoms with E-state index in [0.29, 0.717) is 0 Å². The van der Waals surface area contributed by atoms with E-state index in [4.69, 9.17) is 0 Å². The van der Waals surface area contributed by atoms with Gasteiger partial charge < -0.3 is 0 Å². The van der Waals surface area contributed by atoms with Crippen LogP contribution < -0.4 is 0 Å². The van der Waals surface area contributed by atoms with Crippen LogP contribution in [0.3, 0.4) is 0 Å². The quantitative estimate of drug-likeness (QED) is 0.631. The zero-order valence-corrected chi connectivity index (χ0v) is 8.94. The maximum absolute atomic E-state index is 3.30. The van der Waals surface area contributed by atoms with Gasteiger partial charge in [0.25, 0.3) is 0 Å². The van der Waals surface area contributed by atoms with Crippen molar-refractivity contribution in [2.24, 2.45) is 0 Å². The molecular formula is C9H13Zr+. The summed E-state index contributed by atoms with van der Waals surface area (Å²) in [6.07, 6.45) is 12.5. The van der Waals surface area contributed by atoms with E-state index < -0.39 is 0 Å². The summed E-state index contributed by atoms with van der Waals surface area (Å²) < 4.78 is 0. The second-order valence-electron chi connectivity index (χ2n) is 2.41. The van der Waals surface area contributed by atoms with E-state index in [0.717, 1.165) is 6.42 Å². The predicted molar refractivity (Wildman–Crippen MR) is 40.0 cm³/mol. The largest absolute Gasteiger partial charge is 2.00 e. The van der Waals surface area contributed by atoms with E-state index in [1.807, 2.05) is 0 Å². The molecule has 0 fully saturated rings. The molecule has 0 aliphatic heterocycles. The van der Waals surface area contributed by atoms with Crippen LogP contribution in [0.4, 0.5) is 0 Å². The molecule has 0 unspecified atom stereocenters. The van der Waals surface area contributed by atoms with Gasteiger partial charge in [0.15, 0.2) is 0 Å². The van der Waals surface area contributed by atoms with Crippen molar-refractivity contribution in [2.45, 2.75) is 32.6 Å². The summed E-state index contributed by atoms with van der Waals surface area (Å²) in [6.45, 7) is 2.22. The van der Waals surface area contributed by atoms with Gasteiger partial charge in [0.1, 0.15) is 0 Å². The van der Waals surface area contributed by atoms with E-state index in [2.05, 4.69) is 25.2 Å². The Hall–Kier alpha value is 0.363. The molecule has 0 atom stereocenters. The van der Waals surface area contributed by atoms with Crippen LogP contribution in [-0.2, 0) is 26.2 Å². The van der Waals surface area contributed by atoms with E-state index in [1.54, 1.807) is 0 Å². The number of allylic oxidation sites excluding steroid dienone is 4. The zero-order valence-electron chi connectivity index (χ0n) is 6.48. The van der Waals surface area contributed by atoms with Crippen molar-refractivity contribution in [1.29, 1.82) is 0 Å². The Morgan fingerprint density at radius 1 is 1.60 bits per heavy atom. The van der Waals surface area contributed by atoms with Crippen molar-refractivity contribution in [3.63, 3.8) is 0 Å². The van der Waals surface area contributed by atoms with Gasteiger partial charge in [-0.3, -0.25) is 6.08 Å². The van der Waals surface area contributed by atoms with Gasteiger partial charge in [0.05, 0.1) is 0 Å². The van der Waals surface area contributed by atoms with Gasteiger partial charge in [0.2, 0.25) is 0 Å². The first-order chi connectivity index (χ1) is 4.43. The first-order valence-corrected chi connectivity index (χ1v) is 3.69. The van der Waals surface area contributed by atoms with Crippen molar-refractivity contribution in [3.8, 4) is 0 Å². The Labute approximate surface area is 82.5 Å². The molecule has 0 heterocycles. The molecule has 0 saturated carbocycles. The van der Waals surface area contributed by atoms with Gasteiger partial charge >= 0.3 is 26.2 Å². The Morgan fingerprint density at radius 2 is 2.40 bits per heavy atom. The monoisotopic (exact) mass is 211 g/mol. The third-order valence-electron chi connectivity index (χ3n) is 1.57. The summed E-state index contributed by atoms with van der Waals surface area (Å²) in [7, 11) is 0. The van der Waals surface area contributed by atoms with E-state index >= 15 is 0 Å². The summed E-state index contributed by atoms with van der Waals surface area (Å²) in [4.78, 5) is 0. The third-order valence-corrected chi connectivity index (χ3v) is 1.57. The van der Waals surface area contributed by atoms with Gasteiger partial charge in [-0.15, -0.1) is 6.42 Å². The van der Waals surface area contributed by atoms with Crippen LogP contribution in [0.25, 0.3) is 0 Å². The normalized spacial score (nSPS) is 14.7. The van der Waals surface area contributed by atoms with E-state index in [1.165, 1.54) is 24.8 Å². The van der Waals surface area contributed by atoms with Gasteiger partial charge in [-0.1, -0.05) is 26.2 Å². The molecule has 52 valence electrons. The summed E-state index contributed by atoms with van der Waals surface area (Å²) >= 11 is 0. The molecule has 0 bridgehead atoms. The first kappa shape index (κ1) is 10.4. The average molecular weight is 212 g/mol. The maximum Gasteiger partial charge on any atom is 2.00 e. The average Bonchev–Trinajstić information content (AvgIpc) is 2.34. The fourth-order valence-electron chi connectivity index (χ4n) is 0.989. The SMILES string of the molecule is CCCCC1=[C-]CC=C1.[Zr+2]. The number of hydrogen-bond donors (Lipinski definition) is 0. The number of unbranched alkanes of at least 4 members (excludes halogenated alkanes) is 1. The molecule has 0 spiro atoms. The maximum atomic E-state index is 3.30. The second kappa shape index (κ2) is 6.10. The van der Waals surface area contributed by atoms with Crippen molar-refractivity contribution >= 4 is 0 Å². The molecular weight excluding hydrogens is 199 g/mol. The summed E-state index contributed by atoms with van der Waals surface area (Å²) in [5.41, 5.74) is 1.41. The minimum absolute atomic E-state index is 0. The van der Waals surface area contributed by atoms with Crippen LogP contribution in [0.5, 0.6) is 0 Å². The summed E-state index contributed by atoms with van der Waals surface area (Å²) in [6, 6.07) is 0. The molecule has 0 saturated heterocycles. The molecule has 0 amide bonds. The fraction of sp³-hybridized carbons (Fsp3) is 0.556. The van der Waals surface area contributed by atoms with Crippen molar-refractivity contribution in [1.82, 2.24) is 0 Å². The predicted octanol–water partition coefficient (Wildman–Crippen LogP) is 2.86. The van der Waals surface area contributed by atoms with Gasteiger partial charge in [-0.25, -0.2) is 11.6 Å². The molecule has 0 radical (unpaired) electrons. The molecule has 0 N–H and O–H groups in total. The second-order valence-corrected chi connectivity index (χ2v) is 2.41. The van der Waals surface area contributed by atoms with Gasteiger partial charge in [-0.05, 0) is 0 Å². The molecule has 0 aromatic carbocycles. The fourth-order valence-corrected chi connectivity index (χ4v) is 0.989. The minimum Gasteiger partial charge on any atom is -0.269 e. The smallest absolute Gasteiger partial charge is 0.269 e. The number of rotatable bonds is 3. The van der Waals surface area contributed by atoms with Crippen molar-refractivity contribution in [3.05, 3.63) is 23.8 Å². The van der Waals surface area contributed by atoms with E-state index in [9.17, 15) is 0 Å². The summed E-state index contributed by atoms with van der Waals surface area (Å²) in [5.74, 6) is 0. The van der Waals surface area contributed by atoms with Crippen LogP contribution >= 0.6 is 0 Å². The van der Waals surface area contributed by atoms with E-state index in [-0.39, 0.29) is 26.2 Å². The zero-order chi connectivity index (χ0) is 6.53. The molecule has 1 aliphatic carbocycles. The minimum atomic E-state index is 0. The molecule has 1 aliphatic rings. The molecule has 0 aromatic heterocycles. The molecule has 0 nitrogen and oxygen atoms in total. The molecule has 1 heteroatoms. The van der Waals surface area contributed by atoms with Gasteiger partial charge in [0, 0.05) is 0 Å². The summed E-state index contributed by atoms with van der Waals surface area (Å²) in [5, 5.41) is 0. The van der Waals surface area contributed by atoms with Crippen LogP contribution in [0.15, 0.2) is 17.7 Å². The Bertz CT molecular complexity index is 134.